The van der Waals surface area contributed by atoms with Gasteiger partial charge in [0, 0.05) is 44.4 Å². The van der Waals surface area contributed by atoms with Crippen LogP contribution in [-0.2, 0) is 13.6 Å². The molecule has 1 fully saturated rings. The number of aryl methyl sites for hydroxylation is 1. The molecule has 0 aliphatic carbocycles. The Kier molecular flexibility index (Phi) is 8.94. The second-order valence-corrected chi connectivity index (χ2v) is 12.4. The van der Waals surface area contributed by atoms with Crippen molar-refractivity contribution in [3.63, 3.8) is 0 Å². The number of unbranched alkanes of at least 4 members (excludes halogenated alkanes) is 1. The summed E-state index contributed by atoms with van der Waals surface area (Å²) in [5, 5.41) is 7.71. The van der Waals surface area contributed by atoms with Crippen molar-refractivity contribution < 1.29 is 13.9 Å². The molecule has 0 unspecified atom stereocenters. The molecule has 0 saturated carbocycles. The summed E-state index contributed by atoms with van der Waals surface area (Å²) in [6.07, 6.45) is 4.85. The number of hydrogen-bond donors (Lipinski definition) is 1. The molecule has 9 heteroatoms. The van der Waals surface area contributed by atoms with E-state index >= 15 is 4.39 Å². The van der Waals surface area contributed by atoms with Crippen LogP contribution in [0, 0.1) is 11.2 Å². The van der Waals surface area contributed by atoms with Crippen molar-refractivity contribution in [1.82, 2.24) is 19.6 Å². The van der Waals surface area contributed by atoms with Crippen LogP contribution in [0.2, 0.25) is 0 Å². The highest BCUT2D eigenvalue weighted by atomic mass is 19.1. The lowest BCUT2D eigenvalue weighted by atomic mass is 9.92. The Morgan fingerprint density at radius 1 is 1.02 bits per heavy atom. The van der Waals surface area contributed by atoms with Crippen LogP contribution in [0.1, 0.15) is 56.0 Å². The van der Waals surface area contributed by atoms with Gasteiger partial charge in [-0.15, -0.1) is 0 Å². The number of nitrogens with zero attached hydrogens (tertiary/aromatic N) is 5. The number of para-hydroxylation sites is 2. The first-order valence-electron chi connectivity index (χ1n) is 14.7. The van der Waals surface area contributed by atoms with E-state index in [0.717, 1.165) is 68.3 Å². The zero-order chi connectivity index (χ0) is 29.0. The Bertz CT molecular complexity index is 1340. The smallest absolute Gasteiger partial charge is 0.258 e. The molecule has 220 valence electrons. The maximum Gasteiger partial charge on any atom is 0.258 e. The molecule has 2 aliphatic rings. The van der Waals surface area contributed by atoms with Gasteiger partial charge in [-0.25, -0.2) is 4.39 Å². The molecule has 0 spiro atoms. The number of piperazine rings is 1. The molecule has 5 rings (SSSR count). The number of rotatable bonds is 9. The van der Waals surface area contributed by atoms with E-state index in [1.165, 1.54) is 19.0 Å². The molecule has 41 heavy (non-hydrogen) atoms. The standard InChI is InChI=1S/C32H43FN6O2/c1-32(2,3)13-15-38-18-16-37(17-19-38)14-7-8-20-41-29-12-11-24(21-26(29)33)31(40)39-23-25-22-34-36(4)30(25)35-27-9-5-6-10-28(27)39/h5-6,9-12,21-22,35H,7-8,13-20,23H2,1-4H3. The number of ether oxygens (including phenoxy) is 1. The van der Waals surface area contributed by atoms with Crippen LogP contribution in [0.3, 0.4) is 0 Å². The first-order chi connectivity index (χ1) is 19.7. The van der Waals surface area contributed by atoms with E-state index in [2.05, 4.69) is 41.0 Å². The highest BCUT2D eigenvalue weighted by molar-refractivity contribution is 6.08. The predicted octanol–water partition coefficient (Wildman–Crippen LogP) is 5.68. The number of amides is 1. The third kappa shape index (κ3) is 7.26. The molecule has 1 aromatic heterocycles. The molecule has 2 aliphatic heterocycles. The molecule has 1 amide bonds. The summed E-state index contributed by atoms with van der Waals surface area (Å²) in [6, 6.07) is 12.1. The molecular weight excluding hydrogens is 519 g/mol. The van der Waals surface area contributed by atoms with Gasteiger partial charge in [-0.05, 0) is 68.1 Å². The summed E-state index contributed by atoms with van der Waals surface area (Å²) in [4.78, 5) is 20.3. The molecule has 0 radical (unpaired) electrons. The monoisotopic (exact) mass is 562 g/mol. The number of halogens is 1. The molecule has 3 heterocycles. The summed E-state index contributed by atoms with van der Waals surface area (Å²) in [6.45, 7) is 14.4. The minimum atomic E-state index is -0.523. The van der Waals surface area contributed by atoms with Gasteiger partial charge in [0.2, 0.25) is 0 Å². The van der Waals surface area contributed by atoms with E-state index in [-0.39, 0.29) is 17.2 Å². The Labute approximate surface area is 243 Å². The van der Waals surface area contributed by atoms with Crippen LogP contribution < -0.4 is 15.0 Å². The zero-order valence-electron chi connectivity index (χ0n) is 24.8. The third-order valence-corrected chi connectivity index (χ3v) is 7.98. The van der Waals surface area contributed by atoms with Gasteiger partial charge in [-0.3, -0.25) is 9.48 Å². The van der Waals surface area contributed by atoms with Crippen molar-refractivity contribution in [2.45, 2.75) is 46.6 Å². The lowest BCUT2D eigenvalue weighted by Gasteiger charge is -2.36. The van der Waals surface area contributed by atoms with E-state index in [1.807, 2.05) is 31.3 Å². The normalized spacial score (nSPS) is 16.1. The van der Waals surface area contributed by atoms with Gasteiger partial charge in [-0.1, -0.05) is 32.9 Å². The van der Waals surface area contributed by atoms with Crippen LogP contribution in [0.5, 0.6) is 5.75 Å². The van der Waals surface area contributed by atoms with E-state index in [1.54, 1.807) is 27.9 Å². The molecule has 1 saturated heterocycles. The van der Waals surface area contributed by atoms with E-state index in [9.17, 15) is 4.79 Å². The first kappa shape index (κ1) is 29.1. The summed E-state index contributed by atoms with van der Waals surface area (Å²) < 4.78 is 22.6. The molecule has 0 bridgehead atoms. The fourth-order valence-electron chi connectivity index (χ4n) is 5.40. The van der Waals surface area contributed by atoms with Gasteiger partial charge in [-0.2, -0.15) is 5.10 Å². The minimum absolute atomic E-state index is 0.182. The number of hydrogen-bond acceptors (Lipinski definition) is 6. The number of benzene rings is 2. The summed E-state index contributed by atoms with van der Waals surface area (Å²) in [7, 11) is 1.86. The molecule has 0 atom stereocenters. The number of carbonyl (C=O) groups excluding carboxylic acids is 1. The Morgan fingerprint density at radius 3 is 2.49 bits per heavy atom. The topological polar surface area (TPSA) is 65.9 Å². The second kappa shape index (κ2) is 12.6. The third-order valence-electron chi connectivity index (χ3n) is 7.98. The lowest BCUT2D eigenvalue weighted by molar-refractivity contribution is 0.0985. The van der Waals surface area contributed by atoms with E-state index in [0.29, 0.717) is 18.6 Å². The maximum atomic E-state index is 15.0. The number of anilines is 3. The SMILES string of the molecule is Cn1ncc2c1Nc1ccccc1N(C(=O)c1ccc(OCCCCN3CCN(CCC(C)(C)C)CC3)c(F)c1)C2. The van der Waals surface area contributed by atoms with Crippen molar-refractivity contribution in [3.05, 3.63) is 65.6 Å². The highest BCUT2D eigenvalue weighted by Crippen LogP contribution is 2.36. The Morgan fingerprint density at radius 2 is 1.76 bits per heavy atom. The average Bonchev–Trinajstić information content (AvgIpc) is 3.19. The highest BCUT2D eigenvalue weighted by Gasteiger charge is 2.27. The van der Waals surface area contributed by atoms with Gasteiger partial charge in [0.25, 0.3) is 5.91 Å². The van der Waals surface area contributed by atoms with E-state index < -0.39 is 5.82 Å². The van der Waals surface area contributed by atoms with Crippen molar-refractivity contribution in [2.24, 2.45) is 12.5 Å². The molecule has 8 nitrogen and oxygen atoms in total. The molecular formula is C32H43FN6O2. The Balaban J connectivity index is 1.11. The van der Waals surface area contributed by atoms with Crippen molar-refractivity contribution in [2.75, 3.05) is 56.1 Å². The number of carbonyl (C=O) groups is 1. The van der Waals surface area contributed by atoms with Gasteiger partial charge in [0.15, 0.2) is 11.6 Å². The number of nitrogens with one attached hydrogen (secondary N) is 1. The molecule has 3 aromatic rings. The summed E-state index contributed by atoms with van der Waals surface area (Å²) in [5.41, 5.74) is 3.08. The molecule has 1 N–H and O–H groups in total. The Hall–Kier alpha value is -3.43. The number of aromatic nitrogens is 2. The van der Waals surface area contributed by atoms with Crippen LogP contribution >= 0.6 is 0 Å². The van der Waals surface area contributed by atoms with Crippen LogP contribution in [0.15, 0.2) is 48.7 Å². The minimum Gasteiger partial charge on any atom is -0.491 e. The maximum absolute atomic E-state index is 15.0. The molecule has 2 aromatic carbocycles. The number of fused-ring (bicyclic) bond motifs is 2. The van der Waals surface area contributed by atoms with Gasteiger partial charge >= 0.3 is 0 Å². The van der Waals surface area contributed by atoms with E-state index in [4.69, 9.17) is 4.74 Å². The zero-order valence-corrected chi connectivity index (χ0v) is 24.8. The predicted molar refractivity (Wildman–Crippen MR) is 162 cm³/mol. The van der Waals surface area contributed by atoms with Crippen LogP contribution in [0.4, 0.5) is 21.6 Å². The largest absolute Gasteiger partial charge is 0.491 e. The summed E-state index contributed by atoms with van der Waals surface area (Å²) >= 11 is 0. The first-order valence-corrected chi connectivity index (χ1v) is 14.7. The van der Waals surface area contributed by atoms with Gasteiger partial charge < -0.3 is 24.8 Å². The second-order valence-electron chi connectivity index (χ2n) is 12.4. The fourth-order valence-corrected chi connectivity index (χ4v) is 5.40. The van der Waals surface area contributed by atoms with Crippen LogP contribution in [-0.4, -0.2) is 71.4 Å². The van der Waals surface area contributed by atoms with Crippen LogP contribution in [0.25, 0.3) is 0 Å². The van der Waals surface area contributed by atoms with Crippen molar-refractivity contribution >= 4 is 23.1 Å². The van der Waals surface area contributed by atoms with Gasteiger partial charge in [0.05, 0.1) is 30.7 Å². The lowest BCUT2D eigenvalue weighted by Crippen LogP contribution is -2.47. The summed E-state index contributed by atoms with van der Waals surface area (Å²) in [5.74, 6) is 0.216. The fraction of sp³-hybridized carbons (Fsp3) is 0.500. The quantitative estimate of drug-likeness (QED) is 0.339. The van der Waals surface area contributed by atoms with Crippen molar-refractivity contribution in [3.8, 4) is 5.75 Å². The van der Waals surface area contributed by atoms with Gasteiger partial charge in [0.1, 0.15) is 5.82 Å². The average molecular weight is 563 g/mol. The van der Waals surface area contributed by atoms with Crippen molar-refractivity contribution in [1.29, 1.82) is 0 Å².